The molecule has 104 valence electrons. The van der Waals surface area contributed by atoms with Crippen molar-refractivity contribution in [1.29, 1.82) is 0 Å². The van der Waals surface area contributed by atoms with E-state index in [-0.39, 0.29) is 17.9 Å². The number of nitrogens with two attached hydrogens (primary N) is 1. The minimum Gasteiger partial charge on any atom is -0.377 e. The van der Waals surface area contributed by atoms with Gasteiger partial charge in [-0.3, -0.25) is 0 Å². The average molecular weight is 273 g/mol. The summed E-state index contributed by atoms with van der Waals surface area (Å²) in [7, 11) is 0. The van der Waals surface area contributed by atoms with Crippen LogP contribution in [0.3, 0.4) is 0 Å². The van der Waals surface area contributed by atoms with Gasteiger partial charge in [0.15, 0.2) is 0 Å². The van der Waals surface area contributed by atoms with Gasteiger partial charge in [-0.1, -0.05) is 24.3 Å². The maximum absolute atomic E-state index is 5.93. The molecule has 0 radical (unpaired) electrons. The van der Waals surface area contributed by atoms with Crippen molar-refractivity contribution in [3.63, 3.8) is 0 Å². The van der Waals surface area contributed by atoms with Crippen molar-refractivity contribution in [3.8, 4) is 0 Å². The van der Waals surface area contributed by atoms with Gasteiger partial charge in [0.2, 0.25) is 0 Å². The van der Waals surface area contributed by atoms with Gasteiger partial charge < -0.3 is 15.8 Å². The Hall–Kier alpha value is -0.610. The van der Waals surface area contributed by atoms with E-state index in [1.807, 2.05) is 26.8 Å². The third-order valence-corrected chi connectivity index (χ3v) is 2.48. The highest BCUT2D eigenvalue weighted by Crippen LogP contribution is 2.10. The molecule has 0 aliphatic carbocycles. The first-order valence-corrected chi connectivity index (χ1v) is 6.17. The molecular weight excluding hydrogens is 248 g/mol. The normalized spacial score (nSPS) is 11.1. The monoisotopic (exact) mass is 272 g/mol. The van der Waals surface area contributed by atoms with Crippen LogP contribution in [0.15, 0.2) is 24.3 Å². The van der Waals surface area contributed by atoms with E-state index in [4.69, 9.17) is 10.5 Å². The van der Waals surface area contributed by atoms with E-state index >= 15 is 0 Å². The third-order valence-electron chi connectivity index (χ3n) is 2.48. The Morgan fingerprint density at radius 2 is 1.83 bits per heavy atom. The smallest absolute Gasteiger partial charge is 0.0719 e. The third kappa shape index (κ3) is 6.97. The molecule has 0 heterocycles. The first-order chi connectivity index (χ1) is 8.03. The summed E-state index contributed by atoms with van der Waals surface area (Å²) in [5.41, 5.74) is 8.29. The SMILES string of the molecule is CCOCc1ccccc1CNCC(C)(C)N.Cl. The largest absolute Gasteiger partial charge is 0.377 e. The Kier molecular flexibility index (Phi) is 8.20. The summed E-state index contributed by atoms with van der Waals surface area (Å²) >= 11 is 0. The summed E-state index contributed by atoms with van der Waals surface area (Å²) in [5, 5.41) is 3.38. The molecule has 1 aromatic rings. The van der Waals surface area contributed by atoms with E-state index in [0.29, 0.717) is 6.61 Å². The van der Waals surface area contributed by atoms with Gasteiger partial charge in [0, 0.05) is 25.2 Å². The van der Waals surface area contributed by atoms with Gasteiger partial charge in [0.05, 0.1) is 6.61 Å². The van der Waals surface area contributed by atoms with E-state index in [2.05, 4.69) is 23.5 Å². The van der Waals surface area contributed by atoms with Crippen LogP contribution in [0.25, 0.3) is 0 Å². The van der Waals surface area contributed by atoms with Crippen LogP contribution >= 0.6 is 12.4 Å². The van der Waals surface area contributed by atoms with Crippen LogP contribution in [0.4, 0.5) is 0 Å². The van der Waals surface area contributed by atoms with Crippen molar-refractivity contribution in [2.45, 2.75) is 39.5 Å². The molecule has 0 unspecified atom stereocenters. The molecule has 0 aliphatic rings. The van der Waals surface area contributed by atoms with Crippen molar-refractivity contribution in [3.05, 3.63) is 35.4 Å². The van der Waals surface area contributed by atoms with Gasteiger partial charge in [0.1, 0.15) is 0 Å². The topological polar surface area (TPSA) is 47.3 Å². The van der Waals surface area contributed by atoms with E-state index in [1.54, 1.807) is 0 Å². The second kappa shape index (κ2) is 8.48. The maximum atomic E-state index is 5.93. The Bertz CT molecular complexity index is 337. The zero-order valence-electron chi connectivity index (χ0n) is 11.5. The molecule has 0 spiro atoms. The van der Waals surface area contributed by atoms with Gasteiger partial charge in [-0.15, -0.1) is 12.4 Å². The molecule has 3 nitrogen and oxygen atoms in total. The predicted octanol–water partition coefficient (Wildman–Crippen LogP) is 2.47. The molecular formula is C14H25ClN2O. The molecule has 1 aromatic carbocycles. The Balaban J connectivity index is 0.00000289. The van der Waals surface area contributed by atoms with Crippen molar-refractivity contribution >= 4 is 12.4 Å². The summed E-state index contributed by atoms with van der Waals surface area (Å²) < 4.78 is 5.45. The van der Waals surface area contributed by atoms with E-state index in [0.717, 1.165) is 19.7 Å². The highest BCUT2D eigenvalue weighted by molar-refractivity contribution is 5.85. The molecule has 0 aromatic heterocycles. The Morgan fingerprint density at radius 3 is 2.39 bits per heavy atom. The Labute approximate surface area is 117 Å². The highest BCUT2D eigenvalue weighted by Gasteiger charge is 2.09. The molecule has 18 heavy (non-hydrogen) atoms. The first-order valence-electron chi connectivity index (χ1n) is 6.17. The average Bonchev–Trinajstić information content (AvgIpc) is 2.26. The van der Waals surface area contributed by atoms with Gasteiger partial charge in [-0.25, -0.2) is 0 Å². The van der Waals surface area contributed by atoms with Crippen molar-refractivity contribution < 1.29 is 4.74 Å². The summed E-state index contributed by atoms with van der Waals surface area (Å²) in [6.07, 6.45) is 0. The van der Waals surface area contributed by atoms with Crippen molar-refractivity contribution in [2.75, 3.05) is 13.2 Å². The molecule has 0 saturated carbocycles. The number of rotatable bonds is 7. The fourth-order valence-corrected chi connectivity index (χ4v) is 1.60. The molecule has 0 amide bonds. The number of halogens is 1. The van der Waals surface area contributed by atoms with Crippen LogP contribution in [0.2, 0.25) is 0 Å². The summed E-state index contributed by atoms with van der Waals surface area (Å²) in [6, 6.07) is 8.34. The fraction of sp³-hybridized carbons (Fsp3) is 0.571. The second-order valence-electron chi connectivity index (χ2n) is 5.00. The molecule has 3 N–H and O–H groups in total. The van der Waals surface area contributed by atoms with Gasteiger partial charge in [-0.05, 0) is 31.9 Å². The zero-order chi connectivity index (χ0) is 12.7. The maximum Gasteiger partial charge on any atom is 0.0719 e. The minimum atomic E-state index is -0.172. The highest BCUT2D eigenvalue weighted by atomic mass is 35.5. The van der Waals surface area contributed by atoms with Crippen LogP contribution < -0.4 is 11.1 Å². The number of hydrogen-bond donors (Lipinski definition) is 2. The van der Waals surface area contributed by atoms with E-state index < -0.39 is 0 Å². The molecule has 0 aliphatic heterocycles. The van der Waals surface area contributed by atoms with Crippen LogP contribution in [-0.2, 0) is 17.9 Å². The second-order valence-corrected chi connectivity index (χ2v) is 5.00. The molecule has 1 rings (SSSR count). The Morgan fingerprint density at radius 1 is 1.22 bits per heavy atom. The number of benzene rings is 1. The molecule has 0 saturated heterocycles. The molecule has 0 bridgehead atoms. The van der Waals surface area contributed by atoms with Gasteiger partial charge in [0.25, 0.3) is 0 Å². The lowest BCUT2D eigenvalue weighted by atomic mass is 10.1. The van der Waals surface area contributed by atoms with Gasteiger partial charge in [-0.2, -0.15) is 0 Å². The van der Waals surface area contributed by atoms with E-state index in [9.17, 15) is 0 Å². The molecule has 0 fully saturated rings. The fourth-order valence-electron chi connectivity index (χ4n) is 1.60. The molecule has 0 atom stereocenters. The zero-order valence-corrected chi connectivity index (χ0v) is 12.3. The quantitative estimate of drug-likeness (QED) is 0.802. The minimum absolute atomic E-state index is 0. The number of ether oxygens (including phenoxy) is 1. The lowest BCUT2D eigenvalue weighted by Crippen LogP contribution is -2.42. The van der Waals surface area contributed by atoms with Crippen molar-refractivity contribution in [2.24, 2.45) is 5.73 Å². The van der Waals surface area contributed by atoms with E-state index in [1.165, 1.54) is 11.1 Å². The van der Waals surface area contributed by atoms with Crippen LogP contribution in [0.5, 0.6) is 0 Å². The standard InChI is InChI=1S/C14H24N2O.ClH/c1-4-17-10-13-8-6-5-7-12(13)9-16-11-14(2,3)15;/h5-8,16H,4,9-11,15H2,1-3H3;1H. The van der Waals surface area contributed by atoms with Crippen LogP contribution in [-0.4, -0.2) is 18.7 Å². The number of nitrogens with one attached hydrogen (secondary N) is 1. The van der Waals surface area contributed by atoms with Crippen LogP contribution in [0.1, 0.15) is 31.9 Å². The lowest BCUT2D eigenvalue weighted by molar-refractivity contribution is 0.133. The summed E-state index contributed by atoms with van der Waals surface area (Å²) in [5.74, 6) is 0. The number of hydrogen-bond acceptors (Lipinski definition) is 3. The predicted molar refractivity (Wildman–Crippen MR) is 79.0 cm³/mol. The van der Waals surface area contributed by atoms with Gasteiger partial charge >= 0.3 is 0 Å². The summed E-state index contributed by atoms with van der Waals surface area (Å²) in [4.78, 5) is 0. The summed E-state index contributed by atoms with van der Waals surface area (Å²) in [6.45, 7) is 9.12. The van der Waals surface area contributed by atoms with Crippen molar-refractivity contribution in [1.82, 2.24) is 5.32 Å². The van der Waals surface area contributed by atoms with Crippen LogP contribution in [0, 0.1) is 0 Å². The molecule has 4 heteroatoms. The first kappa shape index (κ1) is 17.4. The lowest BCUT2D eigenvalue weighted by Gasteiger charge is -2.19.